The molecule has 1 atom stereocenters. The molecule has 8 heteroatoms. The van der Waals surface area contributed by atoms with Crippen molar-refractivity contribution in [2.45, 2.75) is 39.3 Å². The number of nitrogens with one attached hydrogen (secondary N) is 1. The Hall–Kier alpha value is -3.06. The Morgan fingerprint density at radius 3 is 2.68 bits per heavy atom. The molecule has 0 saturated carbocycles. The van der Waals surface area contributed by atoms with Crippen molar-refractivity contribution in [3.8, 4) is 5.75 Å². The highest BCUT2D eigenvalue weighted by molar-refractivity contribution is 6.31. The van der Waals surface area contributed by atoms with Crippen LogP contribution in [-0.2, 0) is 18.4 Å². The van der Waals surface area contributed by atoms with Crippen LogP contribution < -0.4 is 10.1 Å². The van der Waals surface area contributed by atoms with Crippen molar-refractivity contribution in [2.75, 3.05) is 7.11 Å². The van der Waals surface area contributed by atoms with Crippen molar-refractivity contribution in [3.63, 3.8) is 0 Å². The Morgan fingerprint density at radius 1 is 1.32 bits per heavy atom. The summed E-state index contributed by atoms with van der Waals surface area (Å²) in [6, 6.07) is 7.15. The summed E-state index contributed by atoms with van der Waals surface area (Å²) in [5.41, 5.74) is 2.45. The summed E-state index contributed by atoms with van der Waals surface area (Å²) in [4.78, 5) is 17.2. The number of carbonyl (C=O) groups is 1. The summed E-state index contributed by atoms with van der Waals surface area (Å²) in [5.74, 6) is 1.23. The molecule has 31 heavy (non-hydrogen) atoms. The van der Waals surface area contributed by atoms with E-state index in [0.717, 1.165) is 47.8 Å². The number of rotatable bonds is 9. The number of imidazole rings is 1. The molecule has 0 aliphatic rings. The number of halogens is 1. The van der Waals surface area contributed by atoms with Crippen LogP contribution in [0.15, 0.2) is 42.7 Å². The fourth-order valence-electron chi connectivity index (χ4n) is 3.31. The summed E-state index contributed by atoms with van der Waals surface area (Å²) in [5, 5.41) is 8.07. The third-order valence-electron chi connectivity index (χ3n) is 5.09. The van der Waals surface area contributed by atoms with E-state index in [0.29, 0.717) is 5.15 Å². The number of hydrogen-bond acceptors (Lipinski definition) is 4. The first-order valence-corrected chi connectivity index (χ1v) is 10.6. The number of hydrogen-bond donors (Lipinski definition) is 1. The molecule has 2 aromatic heterocycles. The minimum atomic E-state index is -0.410. The Labute approximate surface area is 187 Å². The molecule has 1 N–H and O–H groups in total. The topological polar surface area (TPSA) is 74.0 Å². The van der Waals surface area contributed by atoms with E-state index in [4.69, 9.17) is 16.3 Å². The van der Waals surface area contributed by atoms with E-state index in [1.807, 2.05) is 49.0 Å². The second kappa shape index (κ2) is 10.3. The lowest BCUT2D eigenvalue weighted by atomic mass is 10.1. The van der Waals surface area contributed by atoms with Gasteiger partial charge in [0.15, 0.2) is 0 Å². The molecule has 1 aromatic carbocycles. The van der Waals surface area contributed by atoms with Gasteiger partial charge in [-0.25, -0.2) is 4.98 Å². The van der Waals surface area contributed by atoms with E-state index < -0.39 is 6.04 Å². The number of unbranched alkanes of at least 4 members (excludes halogenated alkanes) is 1. The average Bonchev–Trinajstić information content (AvgIpc) is 3.31. The van der Waals surface area contributed by atoms with E-state index in [-0.39, 0.29) is 5.91 Å². The van der Waals surface area contributed by atoms with E-state index >= 15 is 0 Å². The number of methoxy groups -OCH3 is 1. The average molecular weight is 442 g/mol. The molecule has 0 fully saturated rings. The number of aryl methyl sites for hydroxylation is 3. The first-order valence-electron chi connectivity index (χ1n) is 10.3. The molecule has 3 rings (SSSR count). The molecule has 0 spiro atoms. The molecular weight excluding hydrogens is 414 g/mol. The van der Waals surface area contributed by atoms with Gasteiger partial charge >= 0.3 is 0 Å². The van der Waals surface area contributed by atoms with Gasteiger partial charge in [0.1, 0.15) is 22.8 Å². The minimum Gasteiger partial charge on any atom is -0.497 e. The highest BCUT2D eigenvalue weighted by Crippen LogP contribution is 2.24. The van der Waals surface area contributed by atoms with Gasteiger partial charge in [0.2, 0.25) is 5.91 Å². The number of amides is 1. The van der Waals surface area contributed by atoms with Gasteiger partial charge < -0.3 is 14.6 Å². The molecule has 0 aliphatic carbocycles. The molecule has 2 heterocycles. The summed E-state index contributed by atoms with van der Waals surface area (Å²) >= 11 is 6.47. The van der Waals surface area contributed by atoms with Crippen molar-refractivity contribution >= 4 is 23.6 Å². The van der Waals surface area contributed by atoms with E-state index in [1.54, 1.807) is 24.1 Å². The molecule has 1 unspecified atom stereocenters. The largest absolute Gasteiger partial charge is 0.497 e. The lowest BCUT2D eigenvalue weighted by Gasteiger charge is -2.18. The predicted octanol–water partition coefficient (Wildman–Crippen LogP) is 4.31. The third kappa shape index (κ3) is 5.35. The fourth-order valence-corrected chi connectivity index (χ4v) is 3.63. The van der Waals surface area contributed by atoms with Crippen LogP contribution in [0.5, 0.6) is 5.75 Å². The zero-order valence-corrected chi connectivity index (χ0v) is 19.1. The molecule has 0 bridgehead atoms. The maximum atomic E-state index is 12.8. The Balaban J connectivity index is 1.81. The standard InChI is InChI=1S/C23H28ClN5O2/c1-5-6-14-29-22(24)19(16(2)27-29)11-12-20(30)26-21(23-25-13-15-28(23)3)17-7-9-18(31-4)10-8-17/h7-13,15,21H,5-6,14H2,1-4H3,(H,26,30)/b12-11+. The van der Waals surface area contributed by atoms with Crippen LogP contribution in [0.2, 0.25) is 5.15 Å². The van der Waals surface area contributed by atoms with E-state index in [9.17, 15) is 4.79 Å². The highest BCUT2D eigenvalue weighted by atomic mass is 35.5. The molecule has 0 saturated heterocycles. The van der Waals surface area contributed by atoms with E-state index in [1.165, 1.54) is 6.08 Å². The van der Waals surface area contributed by atoms with Crippen LogP contribution in [0.25, 0.3) is 6.08 Å². The normalized spacial score (nSPS) is 12.3. The molecule has 164 valence electrons. The quantitative estimate of drug-likeness (QED) is 0.502. The van der Waals surface area contributed by atoms with Crippen molar-refractivity contribution in [1.29, 1.82) is 0 Å². The minimum absolute atomic E-state index is 0.249. The van der Waals surface area contributed by atoms with Crippen LogP contribution >= 0.6 is 11.6 Å². The first kappa shape index (κ1) is 22.6. The molecule has 3 aromatic rings. The Bertz CT molecular complexity index is 1050. The van der Waals surface area contributed by atoms with Gasteiger partial charge in [0.05, 0.1) is 12.8 Å². The van der Waals surface area contributed by atoms with Crippen molar-refractivity contribution in [3.05, 3.63) is 70.5 Å². The summed E-state index contributed by atoms with van der Waals surface area (Å²) in [7, 11) is 3.52. The first-order chi connectivity index (χ1) is 14.9. The molecule has 1 amide bonds. The van der Waals surface area contributed by atoms with Crippen LogP contribution in [0.1, 0.15) is 48.5 Å². The van der Waals surface area contributed by atoms with Crippen molar-refractivity contribution < 1.29 is 9.53 Å². The predicted molar refractivity (Wildman–Crippen MR) is 122 cm³/mol. The van der Waals surface area contributed by atoms with Crippen molar-refractivity contribution in [2.24, 2.45) is 7.05 Å². The Kier molecular flexibility index (Phi) is 7.52. The van der Waals surface area contributed by atoms with Crippen LogP contribution in [0.4, 0.5) is 0 Å². The summed E-state index contributed by atoms with van der Waals surface area (Å²) in [6.45, 7) is 4.77. The maximum Gasteiger partial charge on any atom is 0.244 e. The SMILES string of the molecule is CCCCn1nc(C)c(/C=C/C(=O)NC(c2ccc(OC)cc2)c2nccn2C)c1Cl. The second-order valence-corrected chi connectivity index (χ2v) is 7.67. The monoisotopic (exact) mass is 441 g/mol. The number of ether oxygens (including phenoxy) is 1. The second-order valence-electron chi connectivity index (χ2n) is 7.31. The number of aromatic nitrogens is 4. The van der Waals surface area contributed by atoms with Gasteiger partial charge in [0, 0.05) is 37.6 Å². The zero-order valence-electron chi connectivity index (χ0n) is 18.3. The summed E-state index contributed by atoms with van der Waals surface area (Å²) < 4.78 is 8.91. The molecule has 0 aliphatic heterocycles. The van der Waals surface area contributed by atoms with Crippen molar-refractivity contribution in [1.82, 2.24) is 24.6 Å². The van der Waals surface area contributed by atoms with Gasteiger partial charge in [-0.05, 0) is 37.1 Å². The zero-order chi connectivity index (χ0) is 22.4. The molecule has 7 nitrogen and oxygen atoms in total. The van der Waals surface area contributed by atoms with E-state index in [2.05, 4.69) is 22.3 Å². The highest BCUT2D eigenvalue weighted by Gasteiger charge is 2.20. The summed E-state index contributed by atoms with van der Waals surface area (Å²) in [6.07, 6.45) is 8.81. The van der Waals surface area contributed by atoms with Crippen LogP contribution in [-0.4, -0.2) is 32.3 Å². The lowest BCUT2D eigenvalue weighted by molar-refractivity contribution is -0.117. The fraction of sp³-hybridized carbons (Fsp3) is 0.348. The van der Waals surface area contributed by atoms with Crippen LogP contribution in [0.3, 0.4) is 0 Å². The van der Waals surface area contributed by atoms with Gasteiger partial charge in [-0.15, -0.1) is 0 Å². The maximum absolute atomic E-state index is 12.8. The van der Waals surface area contributed by atoms with Crippen LogP contribution in [0, 0.1) is 6.92 Å². The number of carbonyl (C=O) groups excluding carboxylic acids is 1. The van der Waals surface area contributed by atoms with Gasteiger partial charge in [-0.3, -0.25) is 9.48 Å². The molecule has 0 radical (unpaired) electrons. The van der Waals surface area contributed by atoms with Gasteiger partial charge in [-0.1, -0.05) is 37.1 Å². The third-order valence-corrected chi connectivity index (χ3v) is 5.49. The van der Waals surface area contributed by atoms with Gasteiger partial charge in [-0.2, -0.15) is 5.10 Å². The Morgan fingerprint density at radius 2 is 2.06 bits per heavy atom. The number of nitrogens with zero attached hydrogens (tertiary/aromatic N) is 4. The number of benzene rings is 1. The van der Waals surface area contributed by atoms with Gasteiger partial charge in [0.25, 0.3) is 0 Å². The lowest BCUT2D eigenvalue weighted by Crippen LogP contribution is -2.29. The molecular formula is C23H28ClN5O2. The smallest absolute Gasteiger partial charge is 0.244 e.